The van der Waals surface area contributed by atoms with Gasteiger partial charge in [-0.3, -0.25) is 4.90 Å². The van der Waals surface area contributed by atoms with Crippen LogP contribution in [0, 0.1) is 13.8 Å². The van der Waals surface area contributed by atoms with Crippen LogP contribution in [0.25, 0.3) is 0 Å². The molecular formula is C18H30N2O. The van der Waals surface area contributed by atoms with Gasteiger partial charge in [0.05, 0.1) is 6.61 Å². The topological polar surface area (TPSA) is 24.5 Å². The van der Waals surface area contributed by atoms with Crippen molar-refractivity contribution >= 4 is 0 Å². The Balaban J connectivity index is 2.09. The summed E-state index contributed by atoms with van der Waals surface area (Å²) in [5.41, 5.74) is 4.11. The molecule has 0 bridgehead atoms. The van der Waals surface area contributed by atoms with Crippen LogP contribution in [0.2, 0.25) is 0 Å². The Kier molecular flexibility index (Phi) is 6.22. The van der Waals surface area contributed by atoms with Crippen LogP contribution < -0.4 is 5.32 Å². The number of hydrogen-bond donors (Lipinski definition) is 1. The van der Waals surface area contributed by atoms with Gasteiger partial charge < -0.3 is 10.1 Å². The molecule has 1 aliphatic carbocycles. The minimum atomic E-state index is 0.408. The summed E-state index contributed by atoms with van der Waals surface area (Å²) in [5.74, 6) is 0. The molecule has 1 atom stereocenters. The van der Waals surface area contributed by atoms with Crippen LogP contribution in [0.5, 0.6) is 0 Å². The maximum Gasteiger partial charge on any atom is 0.0589 e. The van der Waals surface area contributed by atoms with Crippen molar-refractivity contribution in [2.75, 3.05) is 33.4 Å². The number of aryl methyl sites for hydroxylation is 2. The van der Waals surface area contributed by atoms with Gasteiger partial charge in [0.15, 0.2) is 0 Å². The van der Waals surface area contributed by atoms with Crippen LogP contribution in [0.3, 0.4) is 0 Å². The van der Waals surface area contributed by atoms with Crippen molar-refractivity contribution < 1.29 is 4.74 Å². The molecule has 0 amide bonds. The maximum absolute atomic E-state index is 5.27. The van der Waals surface area contributed by atoms with E-state index in [9.17, 15) is 0 Å². The SMILES string of the molecule is CCNC(CN(CCOC)C1CC1)c1cc(C)cc(C)c1. The van der Waals surface area contributed by atoms with Crippen LogP contribution in [-0.4, -0.2) is 44.3 Å². The summed E-state index contributed by atoms with van der Waals surface area (Å²) < 4.78 is 5.27. The monoisotopic (exact) mass is 290 g/mol. The highest BCUT2D eigenvalue weighted by Crippen LogP contribution is 2.29. The molecule has 0 saturated heterocycles. The second-order valence-electron chi connectivity index (χ2n) is 6.25. The summed E-state index contributed by atoms with van der Waals surface area (Å²) in [6.45, 7) is 10.5. The molecule has 118 valence electrons. The predicted molar refractivity (Wildman–Crippen MR) is 88.8 cm³/mol. The first-order valence-corrected chi connectivity index (χ1v) is 8.18. The van der Waals surface area contributed by atoms with E-state index in [0.717, 1.165) is 32.3 Å². The van der Waals surface area contributed by atoms with Crippen molar-refractivity contribution in [3.8, 4) is 0 Å². The summed E-state index contributed by atoms with van der Waals surface area (Å²) in [5, 5.41) is 3.66. The molecule has 1 unspecified atom stereocenters. The Morgan fingerprint density at radius 2 is 1.90 bits per heavy atom. The summed E-state index contributed by atoms with van der Waals surface area (Å²) >= 11 is 0. The molecule has 1 N–H and O–H groups in total. The number of ether oxygens (including phenoxy) is 1. The molecule has 3 heteroatoms. The third-order valence-corrected chi connectivity index (χ3v) is 4.16. The van der Waals surface area contributed by atoms with Crippen LogP contribution in [0.4, 0.5) is 0 Å². The smallest absolute Gasteiger partial charge is 0.0589 e. The van der Waals surface area contributed by atoms with E-state index in [4.69, 9.17) is 4.74 Å². The number of hydrogen-bond acceptors (Lipinski definition) is 3. The Hall–Kier alpha value is -0.900. The lowest BCUT2D eigenvalue weighted by atomic mass is 10.0. The third-order valence-electron chi connectivity index (χ3n) is 4.16. The van der Waals surface area contributed by atoms with Gasteiger partial charge in [-0.2, -0.15) is 0 Å². The molecule has 2 rings (SSSR count). The molecule has 0 aliphatic heterocycles. The molecule has 21 heavy (non-hydrogen) atoms. The summed E-state index contributed by atoms with van der Waals surface area (Å²) in [7, 11) is 1.79. The number of likely N-dealkylation sites (N-methyl/N-ethyl adjacent to an activating group) is 1. The van der Waals surface area contributed by atoms with Crippen molar-refractivity contribution in [1.82, 2.24) is 10.2 Å². The van der Waals surface area contributed by atoms with Gasteiger partial charge in [0.1, 0.15) is 0 Å². The highest BCUT2D eigenvalue weighted by Gasteiger charge is 2.30. The van der Waals surface area contributed by atoms with E-state index in [-0.39, 0.29) is 0 Å². The van der Waals surface area contributed by atoms with E-state index in [0.29, 0.717) is 6.04 Å². The first-order chi connectivity index (χ1) is 10.1. The van der Waals surface area contributed by atoms with Gasteiger partial charge in [0, 0.05) is 32.3 Å². The average molecular weight is 290 g/mol. The lowest BCUT2D eigenvalue weighted by Crippen LogP contribution is -2.38. The fourth-order valence-corrected chi connectivity index (χ4v) is 3.05. The van der Waals surface area contributed by atoms with Gasteiger partial charge in [-0.15, -0.1) is 0 Å². The zero-order valence-electron chi connectivity index (χ0n) is 14.0. The van der Waals surface area contributed by atoms with Crippen LogP contribution in [0.1, 0.15) is 42.5 Å². The summed E-state index contributed by atoms with van der Waals surface area (Å²) in [6, 6.07) is 8.07. The molecule has 0 aromatic heterocycles. The van der Waals surface area contributed by atoms with Crippen molar-refractivity contribution in [3.05, 3.63) is 34.9 Å². The fraction of sp³-hybridized carbons (Fsp3) is 0.667. The zero-order chi connectivity index (χ0) is 15.2. The Morgan fingerprint density at radius 1 is 1.24 bits per heavy atom. The largest absolute Gasteiger partial charge is 0.383 e. The Labute approximate surface area is 129 Å². The second kappa shape index (κ2) is 7.92. The predicted octanol–water partition coefficient (Wildman–Crippen LogP) is 3.06. The second-order valence-corrected chi connectivity index (χ2v) is 6.25. The number of nitrogens with one attached hydrogen (secondary N) is 1. The van der Waals surface area contributed by atoms with Crippen molar-refractivity contribution in [1.29, 1.82) is 0 Å². The lowest BCUT2D eigenvalue weighted by molar-refractivity contribution is 0.136. The van der Waals surface area contributed by atoms with Gasteiger partial charge >= 0.3 is 0 Å². The number of rotatable bonds is 9. The number of methoxy groups -OCH3 is 1. The third kappa shape index (κ3) is 5.10. The molecule has 1 aliphatic rings. The highest BCUT2D eigenvalue weighted by atomic mass is 16.5. The fourth-order valence-electron chi connectivity index (χ4n) is 3.05. The maximum atomic E-state index is 5.27. The van der Waals surface area contributed by atoms with E-state index in [2.05, 4.69) is 49.2 Å². The average Bonchev–Trinajstić information content (AvgIpc) is 3.25. The van der Waals surface area contributed by atoms with E-state index < -0.39 is 0 Å². The van der Waals surface area contributed by atoms with Gasteiger partial charge in [0.25, 0.3) is 0 Å². The standard InChI is InChI=1S/C18H30N2O/c1-5-19-18(16-11-14(2)10-15(3)12-16)13-20(8-9-21-4)17-6-7-17/h10-12,17-19H,5-9,13H2,1-4H3. The van der Waals surface area contributed by atoms with Crippen molar-refractivity contribution in [2.45, 2.75) is 45.7 Å². The molecule has 0 heterocycles. The molecule has 1 fully saturated rings. The van der Waals surface area contributed by atoms with Gasteiger partial charge in [-0.05, 0) is 38.8 Å². The normalized spacial score (nSPS) is 16.4. The van der Waals surface area contributed by atoms with Crippen LogP contribution in [-0.2, 0) is 4.74 Å². The molecule has 1 saturated carbocycles. The first kappa shape index (κ1) is 16.5. The molecule has 0 radical (unpaired) electrons. The minimum Gasteiger partial charge on any atom is -0.383 e. The molecule has 3 nitrogen and oxygen atoms in total. The van der Waals surface area contributed by atoms with Crippen LogP contribution >= 0.6 is 0 Å². The molecular weight excluding hydrogens is 260 g/mol. The summed E-state index contributed by atoms with van der Waals surface area (Å²) in [4.78, 5) is 2.59. The summed E-state index contributed by atoms with van der Waals surface area (Å²) in [6.07, 6.45) is 2.69. The molecule has 1 aromatic carbocycles. The Morgan fingerprint density at radius 3 is 2.43 bits per heavy atom. The number of benzene rings is 1. The van der Waals surface area contributed by atoms with E-state index in [1.165, 1.54) is 29.5 Å². The van der Waals surface area contributed by atoms with E-state index in [1.54, 1.807) is 7.11 Å². The van der Waals surface area contributed by atoms with E-state index in [1.807, 2.05) is 0 Å². The van der Waals surface area contributed by atoms with E-state index >= 15 is 0 Å². The zero-order valence-corrected chi connectivity index (χ0v) is 14.0. The van der Waals surface area contributed by atoms with Crippen LogP contribution in [0.15, 0.2) is 18.2 Å². The lowest BCUT2D eigenvalue weighted by Gasteiger charge is -2.28. The van der Waals surface area contributed by atoms with Crippen molar-refractivity contribution in [2.24, 2.45) is 0 Å². The first-order valence-electron chi connectivity index (χ1n) is 8.18. The van der Waals surface area contributed by atoms with Crippen molar-refractivity contribution in [3.63, 3.8) is 0 Å². The van der Waals surface area contributed by atoms with Gasteiger partial charge in [-0.1, -0.05) is 36.2 Å². The number of nitrogens with zero attached hydrogens (tertiary/aromatic N) is 1. The highest BCUT2D eigenvalue weighted by molar-refractivity contribution is 5.31. The van der Waals surface area contributed by atoms with Gasteiger partial charge in [-0.25, -0.2) is 0 Å². The Bertz CT molecular complexity index is 423. The van der Waals surface area contributed by atoms with Gasteiger partial charge in [0.2, 0.25) is 0 Å². The molecule has 1 aromatic rings. The minimum absolute atomic E-state index is 0.408. The molecule has 0 spiro atoms. The quantitative estimate of drug-likeness (QED) is 0.756.